The fourth-order valence-corrected chi connectivity index (χ4v) is 2.56. The summed E-state index contributed by atoms with van der Waals surface area (Å²) in [6.07, 6.45) is -1.64. The molecular weight excluding hydrogens is 258 g/mol. The van der Waals surface area contributed by atoms with Gasteiger partial charge in [0.25, 0.3) is 0 Å². The van der Waals surface area contributed by atoms with Gasteiger partial charge >= 0.3 is 5.97 Å². The third-order valence-electron chi connectivity index (χ3n) is 3.77. The molecule has 1 saturated carbocycles. The Kier molecular flexibility index (Phi) is 3.12. The molecule has 6 heteroatoms. The van der Waals surface area contributed by atoms with Crippen LogP contribution in [-0.4, -0.2) is 27.2 Å². The van der Waals surface area contributed by atoms with Crippen LogP contribution in [0.15, 0.2) is 18.2 Å². The molecule has 1 aromatic carbocycles. The topological polar surface area (TPSA) is 77.8 Å². The molecule has 0 radical (unpaired) electrons. The van der Waals surface area contributed by atoms with Crippen LogP contribution in [0.5, 0.6) is 11.5 Å². The third kappa shape index (κ3) is 2.22. The summed E-state index contributed by atoms with van der Waals surface area (Å²) >= 11 is 0. The Bertz CT molecular complexity index is 503. The van der Waals surface area contributed by atoms with E-state index >= 15 is 0 Å². The van der Waals surface area contributed by atoms with Gasteiger partial charge in [-0.3, -0.25) is 4.79 Å². The number of rotatable bonds is 2. The normalized spacial score (nSPS) is 20.9. The van der Waals surface area contributed by atoms with Crippen molar-refractivity contribution in [1.29, 1.82) is 0 Å². The molecule has 0 amide bonds. The van der Waals surface area contributed by atoms with E-state index in [1.54, 1.807) is 0 Å². The Balaban J connectivity index is 2.47. The second-order valence-corrected chi connectivity index (χ2v) is 4.92. The van der Waals surface area contributed by atoms with Gasteiger partial charge in [-0.15, -0.1) is 0 Å². The van der Waals surface area contributed by atoms with Crippen molar-refractivity contribution in [3.05, 3.63) is 23.8 Å². The maximum atomic E-state index is 13.2. The number of hydrogen-bond donors (Lipinski definition) is 3. The van der Waals surface area contributed by atoms with E-state index in [2.05, 4.69) is 0 Å². The lowest BCUT2D eigenvalue weighted by Gasteiger charge is -2.37. The average molecular weight is 272 g/mol. The summed E-state index contributed by atoms with van der Waals surface area (Å²) in [7, 11) is 0. The first kappa shape index (κ1) is 13.6. The van der Waals surface area contributed by atoms with Crippen molar-refractivity contribution < 1.29 is 28.9 Å². The summed E-state index contributed by atoms with van der Waals surface area (Å²) in [6.45, 7) is 0. The summed E-state index contributed by atoms with van der Waals surface area (Å²) in [5.74, 6) is -5.12. The molecule has 4 nitrogen and oxygen atoms in total. The van der Waals surface area contributed by atoms with Crippen molar-refractivity contribution in [3.8, 4) is 11.5 Å². The highest BCUT2D eigenvalue weighted by Crippen LogP contribution is 2.49. The number of alkyl halides is 2. The van der Waals surface area contributed by atoms with E-state index in [1.807, 2.05) is 0 Å². The molecule has 1 aliphatic carbocycles. The van der Waals surface area contributed by atoms with Crippen molar-refractivity contribution in [2.75, 3.05) is 0 Å². The lowest BCUT2D eigenvalue weighted by molar-refractivity contribution is -0.149. The summed E-state index contributed by atoms with van der Waals surface area (Å²) < 4.78 is 26.4. The summed E-state index contributed by atoms with van der Waals surface area (Å²) in [4.78, 5) is 11.5. The third-order valence-corrected chi connectivity index (χ3v) is 3.77. The number of aromatic hydroxyl groups is 2. The van der Waals surface area contributed by atoms with Crippen LogP contribution in [0.2, 0.25) is 0 Å². The van der Waals surface area contributed by atoms with Crippen molar-refractivity contribution in [3.63, 3.8) is 0 Å². The van der Waals surface area contributed by atoms with E-state index in [0.29, 0.717) is 0 Å². The molecule has 0 atom stereocenters. The Labute approximate surface area is 108 Å². The first-order valence-electron chi connectivity index (χ1n) is 5.91. The number of aliphatic carboxylic acids is 1. The standard InChI is InChI=1S/C13H14F2O4/c14-13(15)6-4-12(5-7-13,11(18)19)8-2-1-3-9(16)10(8)17/h1-3,16-17H,4-7H2,(H,18,19). The number of benzene rings is 1. The highest BCUT2D eigenvalue weighted by molar-refractivity contribution is 5.83. The van der Waals surface area contributed by atoms with E-state index < -0.39 is 41.6 Å². The van der Waals surface area contributed by atoms with E-state index in [0.717, 1.165) is 0 Å². The molecule has 0 saturated heterocycles. The molecule has 104 valence electrons. The van der Waals surface area contributed by atoms with Crippen LogP contribution in [0.1, 0.15) is 31.2 Å². The summed E-state index contributed by atoms with van der Waals surface area (Å²) in [6, 6.07) is 3.96. The lowest BCUT2D eigenvalue weighted by Crippen LogP contribution is -2.42. The second kappa shape index (κ2) is 4.36. The van der Waals surface area contributed by atoms with Gasteiger partial charge in [0, 0.05) is 18.4 Å². The molecular formula is C13H14F2O4. The van der Waals surface area contributed by atoms with Crippen LogP contribution >= 0.6 is 0 Å². The zero-order chi connectivity index (χ0) is 14.3. The quantitative estimate of drug-likeness (QED) is 0.723. The Morgan fingerprint density at radius 2 is 1.68 bits per heavy atom. The predicted octanol–water partition coefficient (Wildman–Crippen LogP) is 2.63. The molecule has 3 N–H and O–H groups in total. The molecule has 19 heavy (non-hydrogen) atoms. The van der Waals surface area contributed by atoms with Crippen LogP contribution in [0.3, 0.4) is 0 Å². The fraction of sp³-hybridized carbons (Fsp3) is 0.462. The molecule has 0 heterocycles. The molecule has 2 rings (SSSR count). The monoisotopic (exact) mass is 272 g/mol. The van der Waals surface area contributed by atoms with Crippen LogP contribution in [0.25, 0.3) is 0 Å². The van der Waals surface area contributed by atoms with Crippen molar-refractivity contribution >= 4 is 5.97 Å². The number of phenols is 2. The van der Waals surface area contributed by atoms with Crippen LogP contribution in [0, 0.1) is 0 Å². The molecule has 0 aliphatic heterocycles. The molecule has 0 unspecified atom stereocenters. The zero-order valence-corrected chi connectivity index (χ0v) is 10.1. The Morgan fingerprint density at radius 3 is 2.21 bits per heavy atom. The minimum Gasteiger partial charge on any atom is -0.504 e. The first-order valence-corrected chi connectivity index (χ1v) is 5.91. The number of halogens is 2. The van der Waals surface area contributed by atoms with Crippen molar-refractivity contribution in [2.45, 2.75) is 37.0 Å². The number of carboxylic acid groups (broad SMARTS) is 1. The van der Waals surface area contributed by atoms with Gasteiger partial charge < -0.3 is 15.3 Å². The molecule has 0 bridgehead atoms. The molecule has 1 fully saturated rings. The minimum absolute atomic E-state index is 0.00417. The van der Waals surface area contributed by atoms with E-state index in [-0.39, 0.29) is 18.4 Å². The lowest BCUT2D eigenvalue weighted by atomic mass is 9.68. The van der Waals surface area contributed by atoms with Gasteiger partial charge in [0.05, 0.1) is 5.41 Å². The highest BCUT2D eigenvalue weighted by atomic mass is 19.3. The van der Waals surface area contributed by atoms with Gasteiger partial charge in [0.15, 0.2) is 11.5 Å². The Hall–Kier alpha value is -1.85. The number of para-hydroxylation sites is 1. The largest absolute Gasteiger partial charge is 0.504 e. The second-order valence-electron chi connectivity index (χ2n) is 4.92. The maximum absolute atomic E-state index is 13.2. The number of hydrogen-bond acceptors (Lipinski definition) is 3. The van der Waals surface area contributed by atoms with Crippen molar-refractivity contribution in [2.24, 2.45) is 0 Å². The zero-order valence-electron chi connectivity index (χ0n) is 10.1. The fourth-order valence-electron chi connectivity index (χ4n) is 2.56. The summed E-state index contributed by atoms with van der Waals surface area (Å²) in [5, 5.41) is 28.6. The number of carboxylic acids is 1. The molecule has 1 aliphatic rings. The van der Waals surface area contributed by atoms with Gasteiger partial charge in [-0.2, -0.15) is 0 Å². The van der Waals surface area contributed by atoms with Gasteiger partial charge in [-0.25, -0.2) is 8.78 Å². The van der Waals surface area contributed by atoms with E-state index in [1.165, 1.54) is 18.2 Å². The maximum Gasteiger partial charge on any atom is 0.314 e. The van der Waals surface area contributed by atoms with Crippen LogP contribution in [0.4, 0.5) is 8.78 Å². The van der Waals surface area contributed by atoms with Gasteiger partial charge in [0.1, 0.15) is 0 Å². The molecule has 0 spiro atoms. The highest BCUT2D eigenvalue weighted by Gasteiger charge is 2.50. The minimum atomic E-state index is -2.87. The average Bonchev–Trinajstić information content (AvgIpc) is 2.33. The number of carbonyl (C=O) groups is 1. The van der Waals surface area contributed by atoms with Gasteiger partial charge in [0.2, 0.25) is 5.92 Å². The van der Waals surface area contributed by atoms with Gasteiger partial charge in [-0.05, 0) is 18.9 Å². The van der Waals surface area contributed by atoms with E-state index in [9.17, 15) is 28.9 Å². The Morgan fingerprint density at radius 1 is 1.11 bits per heavy atom. The SMILES string of the molecule is O=C(O)C1(c2cccc(O)c2O)CCC(F)(F)CC1. The van der Waals surface area contributed by atoms with Crippen LogP contribution < -0.4 is 0 Å². The van der Waals surface area contributed by atoms with Crippen LogP contribution in [-0.2, 0) is 10.2 Å². The molecule has 1 aromatic rings. The molecule has 0 aromatic heterocycles. The summed E-state index contributed by atoms with van der Waals surface area (Å²) in [5.41, 5.74) is -1.57. The smallest absolute Gasteiger partial charge is 0.314 e. The predicted molar refractivity (Wildman–Crippen MR) is 62.5 cm³/mol. The van der Waals surface area contributed by atoms with Crippen molar-refractivity contribution in [1.82, 2.24) is 0 Å². The number of phenolic OH excluding ortho intramolecular Hbond substituents is 2. The van der Waals surface area contributed by atoms with E-state index in [4.69, 9.17) is 0 Å². The first-order chi connectivity index (χ1) is 8.78. The van der Waals surface area contributed by atoms with Gasteiger partial charge in [-0.1, -0.05) is 12.1 Å².